The first kappa shape index (κ1) is 27.9. The van der Waals surface area contributed by atoms with Crippen LogP contribution in [-0.2, 0) is 24.9 Å². The van der Waals surface area contributed by atoms with Gasteiger partial charge in [-0.3, -0.25) is 14.3 Å². The maximum atomic E-state index is 13.9. The number of carbonyl (C=O) groups excluding carboxylic acids is 2. The van der Waals surface area contributed by atoms with E-state index >= 15 is 0 Å². The number of aryl methyl sites for hydroxylation is 2. The Labute approximate surface area is 237 Å². The lowest BCUT2D eigenvalue weighted by atomic mass is 9.90. The van der Waals surface area contributed by atoms with Crippen molar-refractivity contribution in [2.24, 2.45) is 18.4 Å². The third kappa shape index (κ3) is 6.22. The number of carbonyl (C=O) groups is 2. The van der Waals surface area contributed by atoms with E-state index < -0.39 is 0 Å². The molecule has 2 aromatic carbocycles. The molecule has 5 rings (SSSR count). The van der Waals surface area contributed by atoms with Crippen molar-refractivity contribution >= 4 is 29.0 Å². The molecule has 1 aromatic heterocycles. The Bertz CT molecular complexity index is 1380. The molecule has 212 valence electrons. The molecule has 40 heavy (non-hydrogen) atoms. The second kappa shape index (κ2) is 11.5. The molecule has 8 nitrogen and oxygen atoms in total. The number of hydrogen-bond acceptors (Lipinski definition) is 5. The van der Waals surface area contributed by atoms with Crippen LogP contribution in [-0.4, -0.2) is 46.1 Å². The second-order valence-electron chi connectivity index (χ2n) is 12.5. The molecule has 0 aliphatic carbocycles. The molecule has 8 heteroatoms. The number of likely N-dealkylation sites (tertiary alicyclic amines) is 1. The number of nitrogens with one attached hydrogen (secondary N) is 2. The van der Waals surface area contributed by atoms with E-state index in [0.29, 0.717) is 24.1 Å². The summed E-state index contributed by atoms with van der Waals surface area (Å²) in [6.07, 6.45) is 4.80. The monoisotopic (exact) mass is 542 g/mol. The lowest BCUT2D eigenvalue weighted by molar-refractivity contribution is -0.126. The average molecular weight is 543 g/mol. The van der Waals surface area contributed by atoms with E-state index in [1.807, 2.05) is 67.5 Å². The molecule has 0 radical (unpaired) electrons. The predicted octanol–water partition coefficient (Wildman–Crippen LogP) is 5.40. The molecule has 3 aromatic rings. The molecule has 0 saturated carbocycles. The standard InChI is InChI=1S/C32H42N6O2/c1-22-18-23(19-33-30(39)24-12-15-37(16-13-24)17-14-32(2,3)4)10-11-26(22)31(40)38-21-25-20-34-36(5)29(25)35-27-8-6-7-9-28(27)38/h6-11,18,20,24,35H,12-17,19,21H2,1-5H3,(H,33,39). The average Bonchev–Trinajstić information content (AvgIpc) is 3.17. The summed E-state index contributed by atoms with van der Waals surface area (Å²) in [5, 5.41) is 11.0. The summed E-state index contributed by atoms with van der Waals surface area (Å²) in [5.74, 6) is 1.04. The largest absolute Gasteiger partial charge is 0.352 e. The summed E-state index contributed by atoms with van der Waals surface area (Å²) in [6.45, 7) is 12.8. The number of rotatable bonds is 6. The summed E-state index contributed by atoms with van der Waals surface area (Å²) in [5.41, 5.74) is 5.55. The Morgan fingerprint density at radius 3 is 2.58 bits per heavy atom. The molecule has 0 spiro atoms. The zero-order chi connectivity index (χ0) is 28.4. The van der Waals surface area contributed by atoms with Gasteiger partial charge < -0.3 is 20.4 Å². The van der Waals surface area contributed by atoms with Crippen molar-refractivity contribution in [1.82, 2.24) is 20.0 Å². The topological polar surface area (TPSA) is 82.5 Å². The zero-order valence-electron chi connectivity index (χ0n) is 24.5. The first-order valence-corrected chi connectivity index (χ1v) is 14.4. The first-order chi connectivity index (χ1) is 19.1. The van der Waals surface area contributed by atoms with Gasteiger partial charge in [-0.2, -0.15) is 5.10 Å². The number of hydrogen-bond donors (Lipinski definition) is 2. The highest BCUT2D eigenvalue weighted by atomic mass is 16.2. The van der Waals surface area contributed by atoms with E-state index in [4.69, 9.17) is 0 Å². The van der Waals surface area contributed by atoms with Crippen molar-refractivity contribution in [2.45, 2.75) is 60.0 Å². The number of aromatic nitrogens is 2. The van der Waals surface area contributed by atoms with Gasteiger partial charge in [-0.05, 0) is 80.6 Å². The summed E-state index contributed by atoms with van der Waals surface area (Å²) < 4.78 is 1.80. The van der Waals surface area contributed by atoms with Crippen LogP contribution in [0.4, 0.5) is 17.2 Å². The van der Waals surface area contributed by atoms with Crippen LogP contribution in [0.1, 0.15) is 67.1 Å². The predicted molar refractivity (Wildman–Crippen MR) is 160 cm³/mol. The van der Waals surface area contributed by atoms with Gasteiger partial charge in [0.15, 0.2) is 0 Å². The smallest absolute Gasteiger partial charge is 0.258 e. The Kier molecular flexibility index (Phi) is 7.99. The number of para-hydroxylation sites is 2. The van der Waals surface area contributed by atoms with E-state index in [2.05, 4.69) is 41.4 Å². The van der Waals surface area contributed by atoms with Crippen molar-refractivity contribution in [2.75, 3.05) is 29.9 Å². The highest BCUT2D eigenvalue weighted by Crippen LogP contribution is 2.36. The van der Waals surface area contributed by atoms with Gasteiger partial charge in [0.1, 0.15) is 5.82 Å². The van der Waals surface area contributed by atoms with Gasteiger partial charge in [0.2, 0.25) is 5.91 Å². The molecule has 2 aliphatic rings. The fraction of sp³-hybridized carbons (Fsp3) is 0.469. The Morgan fingerprint density at radius 1 is 1.10 bits per heavy atom. The number of piperidine rings is 1. The minimum Gasteiger partial charge on any atom is -0.352 e. The van der Waals surface area contributed by atoms with Crippen molar-refractivity contribution in [1.29, 1.82) is 0 Å². The third-order valence-electron chi connectivity index (χ3n) is 8.16. The van der Waals surface area contributed by atoms with Gasteiger partial charge in [0.05, 0.1) is 24.1 Å². The summed E-state index contributed by atoms with van der Waals surface area (Å²) in [7, 11) is 1.89. The molecule has 1 fully saturated rings. The normalized spacial score (nSPS) is 16.1. The van der Waals surface area contributed by atoms with Gasteiger partial charge in [0.25, 0.3) is 5.91 Å². The van der Waals surface area contributed by atoms with E-state index in [1.165, 1.54) is 6.42 Å². The number of fused-ring (bicyclic) bond motifs is 2. The van der Waals surface area contributed by atoms with Crippen molar-refractivity contribution in [3.63, 3.8) is 0 Å². The van der Waals surface area contributed by atoms with Crippen LogP contribution < -0.4 is 15.5 Å². The van der Waals surface area contributed by atoms with Crippen LogP contribution in [0.5, 0.6) is 0 Å². The van der Waals surface area contributed by atoms with Crippen molar-refractivity contribution in [3.05, 3.63) is 70.9 Å². The molecule has 2 N–H and O–H groups in total. The van der Waals surface area contributed by atoms with Gasteiger partial charge in [0, 0.05) is 30.6 Å². The van der Waals surface area contributed by atoms with Crippen molar-refractivity contribution in [3.8, 4) is 0 Å². The van der Waals surface area contributed by atoms with Crippen LogP contribution in [0.2, 0.25) is 0 Å². The number of anilines is 3. The fourth-order valence-electron chi connectivity index (χ4n) is 5.61. The van der Waals surface area contributed by atoms with Gasteiger partial charge >= 0.3 is 0 Å². The van der Waals surface area contributed by atoms with E-state index in [1.54, 1.807) is 4.68 Å². The molecule has 0 atom stereocenters. The van der Waals surface area contributed by atoms with Crippen LogP contribution >= 0.6 is 0 Å². The molecule has 0 unspecified atom stereocenters. The minimum absolute atomic E-state index is 0.0581. The van der Waals surface area contributed by atoms with E-state index in [0.717, 1.165) is 66.4 Å². The molecule has 3 heterocycles. The second-order valence-corrected chi connectivity index (χ2v) is 12.5. The van der Waals surface area contributed by atoms with Crippen LogP contribution in [0.15, 0.2) is 48.7 Å². The molecule has 2 amide bonds. The van der Waals surface area contributed by atoms with Gasteiger partial charge in [-0.1, -0.05) is 45.0 Å². The lowest BCUT2D eigenvalue weighted by Gasteiger charge is -2.33. The van der Waals surface area contributed by atoms with Crippen LogP contribution in [0.25, 0.3) is 0 Å². The van der Waals surface area contributed by atoms with Gasteiger partial charge in [-0.25, -0.2) is 0 Å². The highest BCUT2D eigenvalue weighted by Gasteiger charge is 2.28. The minimum atomic E-state index is -0.0581. The molecule has 0 bridgehead atoms. The Balaban J connectivity index is 1.21. The Morgan fingerprint density at radius 2 is 1.85 bits per heavy atom. The lowest BCUT2D eigenvalue weighted by Crippen LogP contribution is -2.41. The fourth-order valence-corrected chi connectivity index (χ4v) is 5.61. The molecular formula is C32H42N6O2. The number of nitrogens with zero attached hydrogens (tertiary/aromatic N) is 4. The zero-order valence-corrected chi connectivity index (χ0v) is 24.5. The summed E-state index contributed by atoms with van der Waals surface area (Å²) in [6, 6.07) is 13.7. The van der Waals surface area contributed by atoms with Gasteiger partial charge in [-0.15, -0.1) is 0 Å². The SMILES string of the molecule is Cc1cc(CNC(=O)C2CCN(CCC(C)(C)C)CC2)ccc1C(=O)N1Cc2cnn(C)c2Nc2ccccc21. The first-order valence-electron chi connectivity index (χ1n) is 14.4. The highest BCUT2D eigenvalue weighted by molar-refractivity contribution is 6.09. The molecule has 2 aliphatic heterocycles. The Hall–Kier alpha value is -3.65. The quantitative estimate of drug-likeness (QED) is 0.436. The number of amides is 2. The summed E-state index contributed by atoms with van der Waals surface area (Å²) >= 11 is 0. The summed E-state index contributed by atoms with van der Waals surface area (Å²) in [4.78, 5) is 31.1. The van der Waals surface area contributed by atoms with E-state index in [-0.39, 0.29) is 17.7 Å². The maximum absolute atomic E-state index is 13.9. The number of benzene rings is 2. The molecule has 1 saturated heterocycles. The van der Waals surface area contributed by atoms with Crippen LogP contribution in [0, 0.1) is 18.3 Å². The van der Waals surface area contributed by atoms with Crippen molar-refractivity contribution < 1.29 is 9.59 Å². The maximum Gasteiger partial charge on any atom is 0.258 e. The van der Waals surface area contributed by atoms with Crippen LogP contribution in [0.3, 0.4) is 0 Å². The third-order valence-corrected chi connectivity index (χ3v) is 8.16. The van der Waals surface area contributed by atoms with E-state index in [9.17, 15) is 9.59 Å². The molecular weight excluding hydrogens is 500 g/mol.